The maximum atomic E-state index is 4.64. The molecule has 1 unspecified atom stereocenters. The first-order valence-corrected chi connectivity index (χ1v) is 8.86. The number of nitrogens with one attached hydrogen (secondary N) is 2. The van der Waals surface area contributed by atoms with Gasteiger partial charge in [0.2, 0.25) is 5.95 Å². The monoisotopic (exact) mass is 318 g/mol. The van der Waals surface area contributed by atoms with Crippen molar-refractivity contribution in [2.24, 2.45) is 0 Å². The summed E-state index contributed by atoms with van der Waals surface area (Å²) in [5.41, 5.74) is 0. The van der Waals surface area contributed by atoms with Crippen molar-refractivity contribution in [3.8, 4) is 0 Å². The molecule has 4 nitrogen and oxygen atoms in total. The zero-order valence-corrected chi connectivity index (χ0v) is 13.7. The standard InChI is InChI=1S/C15H18N4S2/c1-3-11(12-6-5-8-20-12)17-13-10-7-9-21-14(10)19-15(18-13)16-4-2/h5-9,11H,3-4H2,1-2H3,(H2,16,17,18,19). The Kier molecular flexibility index (Phi) is 4.36. The molecular formula is C15H18N4S2. The highest BCUT2D eigenvalue weighted by atomic mass is 32.1. The van der Waals surface area contributed by atoms with E-state index in [-0.39, 0.29) is 6.04 Å². The van der Waals surface area contributed by atoms with Crippen LogP contribution in [0.2, 0.25) is 0 Å². The van der Waals surface area contributed by atoms with Crippen molar-refractivity contribution in [3.63, 3.8) is 0 Å². The van der Waals surface area contributed by atoms with Crippen molar-refractivity contribution < 1.29 is 0 Å². The lowest BCUT2D eigenvalue weighted by atomic mass is 10.2. The van der Waals surface area contributed by atoms with Gasteiger partial charge in [0.1, 0.15) is 10.6 Å². The quantitative estimate of drug-likeness (QED) is 0.689. The van der Waals surface area contributed by atoms with Gasteiger partial charge >= 0.3 is 0 Å². The van der Waals surface area contributed by atoms with Gasteiger partial charge in [0, 0.05) is 11.4 Å². The number of anilines is 2. The second-order valence-electron chi connectivity index (χ2n) is 4.69. The minimum absolute atomic E-state index is 0.289. The SMILES string of the molecule is CCNc1nc(NC(CC)c2cccs2)c2ccsc2n1. The van der Waals surface area contributed by atoms with Crippen molar-refractivity contribution >= 4 is 44.7 Å². The van der Waals surface area contributed by atoms with Crippen LogP contribution < -0.4 is 10.6 Å². The largest absolute Gasteiger partial charge is 0.362 e. The summed E-state index contributed by atoms with van der Waals surface area (Å²) in [7, 11) is 0. The molecule has 1 atom stereocenters. The lowest BCUT2D eigenvalue weighted by molar-refractivity contribution is 0.760. The van der Waals surface area contributed by atoms with Crippen LogP contribution in [0.3, 0.4) is 0 Å². The lowest BCUT2D eigenvalue weighted by Crippen LogP contribution is -2.11. The van der Waals surface area contributed by atoms with Crippen LogP contribution in [0.5, 0.6) is 0 Å². The molecular weight excluding hydrogens is 300 g/mol. The maximum Gasteiger partial charge on any atom is 0.226 e. The number of rotatable bonds is 6. The highest BCUT2D eigenvalue weighted by molar-refractivity contribution is 7.16. The Labute approximate surface area is 132 Å². The zero-order valence-electron chi connectivity index (χ0n) is 12.1. The summed E-state index contributed by atoms with van der Waals surface area (Å²) < 4.78 is 0. The summed E-state index contributed by atoms with van der Waals surface area (Å²) in [5, 5.41) is 12.1. The molecule has 2 N–H and O–H groups in total. The van der Waals surface area contributed by atoms with Crippen LogP contribution in [0.1, 0.15) is 31.2 Å². The zero-order chi connectivity index (χ0) is 14.7. The predicted molar refractivity (Wildman–Crippen MR) is 92.6 cm³/mol. The average Bonchev–Trinajstić information content (AvgIpc) is 3.15. The number of fused-ring (bicyclic) bond motifs is 1. The summed E-state index contributed by atoms with van der Waals surface area (Å²) in [6, 6.07) is 6.63. The number of thiophene rings is 2. The van der Waals surface area contributed by atoms with Crippen molar-refractivity contribution in [3.05, 3.63) is 33.8 Å². The highest BCUT2D eigenvalue weighted by Crippen LogP contribution is 2.31. The highest BCUT2D eigenvalue weighted by Gasteiger charge is 2.15. The van der Waals surface area contributed by atoms with Crippen LogP contribution in [0.15, 0.2) is 29.0 Å². The topological polar surface area (TPSA) is 49.8 Å². The molecule has 0 amide bonds. The third-order valence-electron chi connectivity index (χ3n) is 3.27. The normalized spacial score (nSPS) is 12.5. The third kappa shape index (κ3) is 3.01. The lowest BCUT2D eigenvalue weighted by Gasteiger charge is -2.17. The number of nitrogens with zero attached hydrogens (tertiary/aromatic N) is 2. The fourth-order valence-electron chi connectivity index (χ4n) is 2.23. The predicted octanol–water partition coefficient (Wildman–Crippen LogP) is 4.75. The van der Waals surface area contributed by atoms with E-state index in [1.807, 2.05) is 0 Å². The van der Waals surface area contributed by atoms with Crippen molar-refractivity contribution in [1.82, 2.24) is 9.97 Å². The summed E-state index contributed by atoms with van der Waals surface area (Å²) >= 11 is 3.42. The Morgan fingerprint density at radius 3 is 2.76 bits per heavy atom. The Morgan fingerprint density at radius 1 is 1.14 bits per heavy atom. The van der Waals surface area contributed by atoms with E-state index >= 15 is 0 Å². The molecule has 6 heteroatoms. The van der Waals surface area contributed by atoms with Crippen LogP contribution >= 0.6 is 22.7 Å². The van der Waals surface area contributed by atoms with Gasteiger partial charge in [0.05, 0.1) is 11.4 Å². The summed E-state index contributed by atoms with van der Waals surface area (Å²) in [6.45, 7) is 5.06. The van der Waals surface area contributed by atoms with E-state index in [1.54, 1.807) is 22.7 Å². The first-order valence-electron chi connectivity index (χ1n) is 7.10. The van der Waals surface area contributed by atoms with Crippen LogP contribution in [0, 0.1) is 0 Å². The molecule has 0 aliphatic heterocycles. The molecule has 0 saturated carbocycles. The Morgan fingerprint density at radius 2 is 2.05 bits per heavy atom. The molecule has 0 spiro atoms. The Hall–Kier alpha value is -1.66. The van der Waals surface area contributed by atoms with Gasteiger partial charge < -0.3 is 10.6 Å². The summed E-state index contributed by atoms with van der Waals surface area (Å²) in [5.74, 6) is 1.61. The number of hydrogen-bond acceptors (Lipinski definition) is 6. The van der Waals surface area contributed by atoms with E-state index in [4.69, 9.17) is 0 Å². The van der Waals surface area contributed by atoms with Gasteiger partial charge in [-0.3, -0.25) is 0 Å². The molecule has 3 rings (SSSR count). The second kappa shape index (κ2) is 6.41. The van der Waals surface area contributed by atoms with E-state index < -0.39 is 0 Å². The van der Waals surface area contributed by atoms with E-state index in [0.29, 0.717) is 5.95 Å². The smallest absolute Gasteiger partial charge is 0.226 e. The van der Waals surface area contributed by atoms with Gasteiger partial charge in [-0.25, -0.2) is 4.98 Å². The fourth-order valence-corrected chi connectivity index (χ4v) is 3.86. The minimum atomic E-state index is 0.289. The molecule has 0 fully saturated rings. The summed E-state index contributed by atoms with van der Waals surface area (Å²) in [6.07, 6.45) is 1.02. The Balaban J connectivity index is 1.96. The second-order valence-corrected chi connectivity index (χ2v) is 6.56. The van der Waals surface area contributed by atoms with Crippen molar-refractivity contribution in [2.75, 3.05) is 17.2 Å². The van der Waals surface area contributed by atoms with Crippen molar-refractivity contribution in [1.29, 1.82) is 0 Å². The van der Waals surface area contributed by atoms with Gasteiger partial charge in [-0.05, 0) is 36.2 Å². The van der Waals surface area contributed by atoms with E-state index in [2.05, 4.69) is 63.4 Å². The molecule has 0 aromatic carbocycles. The third-order valence-corrected chi connectivity index (χ3v) is 5.06. The molecule has 3 aromatic heterocycles. The van der Waals surface area contributed by atoms with Crippen LogP contribution in [0.25, 0.3) is 10.2 Å². The molecule has 3 aromatic rings. The van der Waals surface area contributed by atoms with Gasteiger partial charge in [0.25, 0.3) is 0 Å². The van der Waals surface area contributed by atoms with Crippen molar-refractivity contribution in [2.45, 2.75) is 26.3 Å². The van der Waals surface area contributed by atoms with Gasteiger partial charge in [-0.1, -0.05) is 13.0 Å². The minimum Gasteiger partial charge on any atom is -0.362 e. The fraction of sp³-hybridized carbons (Fsp3) is 0.333. The average molecular weight is 318 g/mol. The molecule has 0 saturated heterocycles. The molecule has 0 aliphatic carbocycles. The van der Waals surface area contributed by atoms with Gasteiger partial charge in [-0.15, -0.1) is 22.7 Å². The first kappa shape index (κ1) is 14.3. The van der Waals surface area contributed by atoms with Crippen LogP contribution in [-0.2, 0) is 0 Å². The summed E-state index contributed by atoms with van der Waals surface area (Å²) in [4.78, 5) is 11.5. The van der Waals surface area contributed by atoms with E-state index in [1.165, 1.54) is 4.88 Å². The van der Waals surface area contributed by atoms with E-state index in [9.17, 15) is 0 Å². The van der Waals surface area contributed by atoms with Crippen LogP contribution in [-0.4, -0.2) is 16.5 Å². The molecule has 0 bridgehead atoms. The van der Waals surface area contributed by atoms with Crippen LogP contribution in [0.4, 0.5) is 11.8 Å². The number of aromatic nitrogens is 2. The molecule has 110 valence electrons. The molecule has 21 heavy (non-hydrogen) atoms. The molecule has 0 radical (unpaired) electrons. The van der Waals surface area contributed by atoms with Gasteiger partial charge in [-0.2, -0.15) is 4.98 Å². The molecule has 3 heterocycles. The number of hydrogen-bond donors (Lipinski definition) is 2. The Bertz CT molecular complexity index is 706. The maximum absolute atomic E-state index is 4.64. The molecule has 0 aliphatic rings. The first-order chi connectivity index (χ1) is 10.3. The van der Waals surface area contributed by atoms with E-state index in [0.717, 1.165) is 29.0 Å². The van der Waals surface area contributed by atoms with Gasteiger partial charge in [0.15, 0.2) is 0 Å².